The molecule has 3 aromatic rings. The minimum Gasteiger partial charge on any atom is -0.358 e. The number of nitrogens with zero attached hydrogens (tertiary/aromatic N) is 3. The van der Waals surface area contributed by atoms with Crippen molar-refractivity contribution in [2.75, 3.05) is 25.5 Å². The summed E-state index contributed by atoms with van der Waals surface area (Å²) in [5.74, 6) is 1.23. The molecule has 0 unspecified atom stereocenters. The Balaban J connectivity index is 1.98. The average molecular weight is 330 g/mol. The van der Waals surface area contributed by atoms with Gasteiger partial charge >= 0.3 is 0 Å². The normalized spacial score (nSPS) is 10.7. The van der Waals surface area contributed by atoms with E-state index in [0.717, 1.165) is 16.6 Å². The van der Waals surface area contributed by atoms with E-state index in [1.165, 1.54) is 0 Å². The van der Waals surface area contributed by atoms with Gasteiger partial charge in [0.2, 0.25) is 5.91 Å². The predicted octanol–water partition coefficient (Wildman–Crippen LogP) is 2.46. The standard InChI is InChI=1S/C16H16ClN5O/c1-18-15(23)9-22(2)14-7-10(11(17)8-19-14)16-20-12-5-3-4-6-13(12)21-16/h3-8H,9H2,1-2H3,(H,18,23)(H,20,21). The Kier molecular flexibility index (Phi) is 4.16. The summed E-state index contributed by atoms with van der Waals surface area (Å²) in [7, 11) is 3.40. The van der Waals surface area contributed by atoms with Gasteiger partial charge < -0.3 is 15.2 Å². The number of carbonyl (C=O) groups excluding carboxylic acids is 1. The van der Waals surface area contributed by atoms with E-state index in [-0.39, 0.29) is 12.5 Å². The van der Waals surface area contributed by atoms with Crippen molar-refractivity contribution in [3.63, 3.8) is 0 Å². The molecule has 0 aliphatic rings. The van der Waals surface area contributed by atoms with Crippen molar-refractivity contribution in [1.29, 1.82) is 0 Å². The van der Waals surface area contributed by atoms with Crippen LogP contribution in [0, 0.1) is 0 Å². The van der Waals surface area contributed by atoms with Gasteiger partial charge in [-0.15, -0.1) is 0 Å². The Hall–Kier alpha value is -2.60. The number of rotatable bonds is 4. The highest BCUT2D eigenvalue weighted by molar-refractivity contribution is 6.33. The molecule has 2 heterocycles. The second-order valence-electron chi connectivity index (χ2n) is 5.15. The highest BCUT2D eigenvalue weighted by Gasteiger charge is 2.13. The second kappa shape index (κ2) is 6.26. The number of anilines is 1. The van der Waals surface area contributed by atoms with Crippen molar-refractivity contribution >= 4 is 34.4 Å². The van der Waals surface area contributed by atoms with E-state index in [1.807, 2.05) is 30.3 Å². The molecule has 2 N–H and O–H groups in total. The summed E-state index contributed by atoms with van der Waals surface area (Å²) >= 11 is 6.28. The smallest absolute Gasteiger partial charge is 0.239 e. The van der Waals surface area contributed by atoms with Crippen molar-refractivity contribution < 1.29 is 4.79 Å². The molecule has 0 radical (unpaired) electrons. The Morgan fingerprint density at radius 2 is 2.17 bits per heavy atom. The van der Waals surface area contributed by atoms with Crippen LogP contribution in [0.15, 0.2) is 36.5 Å². The van der Waals surface area contributed by atoms with E-state index in [9.17, 15) is 4.79 Å². The molecule has 0 saturated carbocycles. The van der Waals surface area contributed by atoms with Crippen LogP contribution >= 0.6 is 11.6 Å². The molecule has 118 valence electrons. The molecule has 23 heavy (non-hydrogen) atoms. The van der Waals surface area contributed by atoms with Crippen LogP contribution in [0.5, 0.6) is 0 Å². The monoisotopic (exact) mass is 329 g/mol. The summed E-state index contributed by atoms with van der Waals surface area (Å²) in [5.41, 5.74) is 2.56. The zero-order chi connectivity index (χ0) is 16.4. The van der Waals surface area contributed by atoms with Gasteiger partial charge in [0.15, 0.2) is 0 Å². The van der Waals surface area contributed by atoms with Gasteiger partial charge in [0.05, 0.1) is 22.6 Å². The number of fused-ring (bicyclic) bond motifs is 1. The third kappa shape index (κ3) is 3.12. The molecule has 0 spiro atoms. The molecule has 0 atom stereocenters. The molecule has 0 bridgehead atoms. The summed E-state index contributed by atoms with van der Waals surface area (Å²) in [6.45, 7) is 0.213. The highest BCUT2D eigenvalue weighted by atomic mass is 35.5. The van der Waals surface area contributed by atoms with Gasteiger partial charge in [-0.2, -0.15) is 0 Å². The maximum Gasteiger partial charge on any atom is 0.239 e. The third-order valence-electron chi connectivity index (χ3n) is 3.54. The van der Waals surface area contributed by atoms with Gasteiger partial charge in [0, 0.05) is 25.9 Å². The summed E-state index contributed by atoms with van der Waals surface area (Å²) in [6.07, 6.45) is 1.57. The number of likely N-dealkylation sites (N-methyl/N-ethyl adjacent to an activating group) is 2. The first-order chi connectivity index (χ1) is 11.1. The molecule has 0 aliphatic carbocycles. The summed E-state index contributed by atoms with van der Waals surface area (Å²) in [6, 6.07) is 9.59. The fourth-order valence-electron chi connectivity index (χ4n) is 2.27. The lowest BCUT2D eigenvalue weighted by Crippen LogP contribution is -2.33. The molecule has 1 amide bonds. The number of aromatic amines is 1. The topological polar surface area (TPSA) is 73.9 Å². The van der Waals surface area contributed by atoms with Crippen molar-refractivity contribution in [2.24, 2.45) is 0 Å². The summed E-state index contributed by atoms with van der Waals surface area (Å²) in [4.78, 5) is 25.3. The van der Waals surface area contributed by atoms with E-state index in [1.54, 1.807) is 25.2 Å². The van der Waals surface area contributed by atoms with Crippen molar-refractivity contribution in [3.05, 3.63) is 41.6 Å². The lowest BCUT2D eigenvalue weighted by atomic mass is 10.2. The predicted molar refractivity (Wildman–Crippen MR) is 91.7 cm³/mol. The highest BCUT2D eigenvalue weighted by Crippen LogP contribution is 2.29. The molecule has 1 aromatic carbocycles. The number of pyridine rings is 1. The maximum atomic E-state index is 11.5. The zero-order valence-corrected chi connectivity index (χ0v) is 13.6. The zero-order valence-electron chi connectivity index (χ0n) is 12.8. The van der Waals surface area contributed by atoms with E-state index in [0.29, 0.717) is 16.7 Å². The quantitative estimate of drug-likeness (QED) is 0.771. The first-order valence-electron chi connectivity index (χ1n) is 7.11. The number of H-pyrrole nitrogens is 1. The van der Waals surface area contributed by atoms with Gasteiger partial charge in [-0.05, 0) is 18.2 Å². The van der Waals surface area contributed by atoms with Crippen LogP contribution in [-0.2, 0) is 4.79 Å². The lowest BCUT2D eigenvalue weighted by Gasteiger charge is -2.17. The minimum absolute atomic E-state index is 0.0884. The Bertz CT molecular complexity index is 828. The number of para-hydroxylation sites is 2. The minimum atomic E-state index is -0.0884. The van der Waals surface area contributed by atoms with Crippen molar-refractivity contribution in [2.45, 2.75) is 0 Å². The van der Waals surface area contributed by atoms with E-state index in [4.69, 9.17) is 11.6 Å². The van der Waals surface area contributed by atoms with Gasteiger partial charge in [0.25, 0.3) is 0 Å². The fourth-order valence-corrected chi connectivity index (χ4v) is 2.47. The Morgan fingerprint density at radius 3 is 2.91 bits per heavy atom. The van der Waals surface area contributed by atoms with E-state index < -0.39 is 0 Å². The van der Waals surface area contributed by atoms with Crippen LogP contribution in [0.1, 0.15) is 0 Å². The molecular weight excluding hydrogens is 314 g/mol. The number of nitrogens with one attached hydrogen (secondary N) is 2. The molecule has 0 saturated heterocycles. The number of amides is 1. The van der Waals surface area contributed by atoms with E-state index >= 15 is 0 Å². The van der Waals surface area contributed by atoms with Gasteiger partial charge in [-0.25, -0.2) is 9.97 Å². The van der Waals surface area contributed by atoms with Crippen LogP contribution in [0.2, 0.25) is 5.02 Å². The van der Waals surface area contributed by atoms with Gasteiger partial charge in [-0.1, -0.05) is 23.7 Å². The number of aromatic nitrogens is 3. The van der Waals surface area contributed by atoms with Crippen LogP contribution in [-0.4, -0.2) is 41.5 Å². The second-order valence-corrected chi connectivity index (χ2v) is 5.56. The molecule has 7 heteroatoms. The number of carbonyl (C=O) groups is 1. The van der Waals surface area contributed by atoms with Crippen LogP contribution in [0.4, 0.5) is 5.82 Å². The third-order valence-corrected chi connectivity index (χ3v) is 3.84. The molecule has 0 aliphatic heterocycles. The molecule has 6 nitrogen and oxygen atoms in total. The fraction of sp³-hybridized carbons (Fsp3) is 0.188. The number of imidazole rings is 1. The Morgan fingerprint density at radius 1 is 1.39 bits per heavy atom. The Labute approximate surface area is 138 Å². The maximum absolute atomic E-state index is 11.5. The van der Waals surface area contributed by atoms with E-state index in [2.05, 4.69) is 20.3 Å². The SMILES string of the molecule is CNC(=O)CN(C)c1cc(-c2nc3ccccc3[nH]2)c(Cl)cn1. The molecule has 2 aromatic heterocycles. The summed E-state index contributed by atoms with van der Waals surface area (Å²) in [5, 5.41) is 3.09. The van der Waals surface area contributed by atoms with Gasteiger partial charge in [0.1, 0.15) is 11.6 Å². The molecule has 0 fully saturated rings. The van der Waals surface area contributed by atoms with Crippen LogP contribution in [0.25, 0.3) is 22.4 Å². The number of halogens is 1. The largest absolute Gasteiger partial charge is 0.358 e. The number of hydrogen-bond donors (Lipinski definition) is 2. The summed E-state index contributed by atoms with van der Waals surface area (Å²) < 4.78 is 0. The lowest BCUT2D eigenvalue weighted by molar-refractivity contribution is -0.119. The number of benzene rings is 1. The first-order valence-corrected chi connectivity index (χ1v) is 7.48. The first kappa shape index (κ1) is 15.3. The van der Waals surface area contributed by atoms with Gasteiger partial charge in [-0.3, -0.25) is 4.79 Å². The number of hydrogen-bond acceptors (Lipinski definition) is 4. The molecule has 3 rings (SSSR count). The molecular formula is C16H16ClN5O. The van der Waals surface area contributed by atoms with Crippen LogP contribution in [0.3, 0.4) is 0 Å². The van der Waals surface area contributed by atoms with Crippen molar-refractivity contribution in [1.82, 2.24) is 20.3 Å². The van der Waals surface area contributed by atoms with Crippen LogP contribution < -0.4 is 10.2 Å². The van der Waals surface area contributed by atoms with Crippen molar-refractivity contribution in [3.8, 4) is 11.4 Å². The average Bonchev–Trinajstić information content (AvgIpc) is 2.98.